The van der Waals surface area contributed by atoms with Gasteiger partial charge in [-0.1, -0.05) is 17.7 Å². The molecule has 1 aliphatic rings. The van der Waals surface area contributed by atoms with Gasteiger partial charge in [-0.25, -0.2) is 0 Å². The van der Waals surface area contributed by atoms with E-state index in [9.17, 15) is 0 Å². The maximum atomic E-state index is 6.10. The van der Waals surface area contributed by atoms with Gasteiger partial charge in [0, 0.05) is 19.1 Å². The molecule has 2 rings (SSSR count). The Hall–Kier alpha value is -1.04. The zero-order valence-corrected chi connectivity index (χ0v) is 14.2. The van der Waals surface area contributed by atoms with E-state index in [1.165, 1.54) is 0 Å². The summed E-state index contributed by atoms with van der Waals surface area (Å²) in [7, 11) is 3.32. The molecule has 4 nitrogen and oxygen atoms in total. The molecule has 1 aromatic carbocycles. The maximum absolute atomic E-state index is 6.10. The second-order valence-electron chi connectivity index (χ2n) is 6.45. The smallest absolute Gasteiger partial charge is 0.399 e. The fraction of sp³-hybridized carbons (Fsp3) is 0.533. The highest BCUT2D eigenvalue weighted by Crippen LogP contribution is 2.36. The largest absolute Gasteiger partial charge is 0.495 e. The fourth-order valence-corrected chi connectivity index (χ4v) is 2.20. The van der Waals surface area contributed by atoms with Crippen LogP contribution < -0.4 is 5.46 Å². The molecular weight excluding hydrogens is 286 g/mol. The van der Waals surface area contributed by atoms with E-state index < -0.39 is 7.12 Å². The summed E-state index contributed by atoms with van der Waals surface area (Å²) in [6.07, 6.45) is 1.77. The van der Waals surface area contributed by atoms with Gasteiger partial charge in [-0.05, 0) is 50.9 Å². The first-order valence-corrected chi connectivity index (χ1v) is 7.36. The Balaban J connectivity index is 2.37. The Morgan fingerprint density at radius 2 is 1.71 bits per heavy atom. The summed E-state index contributed by atoms with van der Waals surface area (Å²) in [6, 6.07) is 5.64. The summed E-state index contributed by atoms with van der Waals surface area (Å²) in [5.41, 5.74) is 1.10. The van der Waals surface area contributed by atoms with Gasteiger partial charge in [-0.3, -0.25) is 0 Å². The third kappa shape index (κ3) is 3.42. The Bertz CT molecular complexity index is 543. The number of nitrogens with zero attached hydrogens (tertiary/aromatic N) is 2. The van der Waals surface area contributed by atoms with E-state index >= 15 is 0 Å². The molecule has 1 heterocycles. The molecule has 0 atom stereocenters. The van der Waals surface area contributed by atoms with Gasteiger partial charge < -0.3 is 14.3 Å². The van der Waals surface area contributed by atoms with E-state index in [-0.39, 0.29) is 11.2 Å². The van der Waals surface area contributed by atoms with E-state index in [2.05, 4.69) is 5.10 Å². The highest BCUT2D eigenvalue weighted by molar-refractivity contribution is 6.63. The molecule has 0 radical (unpaired) electrons. The first kappa shape index (κ1) is 16.3. The molecule has 1 saturated heterocycles. The summed E-state index contributed by atoms with van der Waals surface area (Å²) in [6.45, 7) is 8.15. The number of benzene rings is 1. The maximum Gasteiger partial charge on any atom is 0.495 e. The minimum Gasteiger partial charge on any atom is -0.399 e. The molecule has 0 saturated carbocycles. The van der Waals surface area contributed by atoms with Crippen molar-refractivity contribution in [3.8, 4) is 0 Å². The van der Waals surface area contributed by atoms with Crippen molar-refractivity contribution in [2.45, 2.75) is 38.9 Å². The third-order valence-electron chi connectivity index (χ3n) is 3.98. The van der Waals surface area contributed by atoms with Crippen LogP contribution >= 0.6 is 11.6 Å². The molecule has 6 heteroatoms. The molecule has 0 aliphatic carbocycles. The van der Waals surface area contributed by atoms with Crippen LogP contribution in [0.25, 0.3) is 0 Å². The molecule has 0 N–H and O–H groups in total. The van der Waals surface area contributed by atoms with Gasteiger partial charge >= 0.3 is 7.12 Å². The first-order valence-electron chi connectivity index (χ1n) is 6.99. The monoisotopic (exact) mass is 308 g/mol. The summed E-state index contributed by atoms with van der Waals surface area (Å²) in [5.74, 6) is 0. The summed E-state index contributed by atoms with van der Waals surface area (Å²) in [5, 5.41) is 6.67. The lowest BCUT2D eigenvalue weighted by atomic mass is 9.76. The Kier molecular flexibility index (Phi) is 4.38. The van der Waals surface area contributed by atoms with Crippen LogP contribution in [0.1, 0.15) is 33.3 Å². The van der Waals surface area contributed by atoms with Crippen molar-refractivity contribution in [2.24, 2.45) is 5.10 Å². The van der Waals surface area contributed by atoms with Gasteiger partial charge in [0.15, 0.2) is 0 Å². The topological polar surface area (TPSA) is 34.1 Å². The quantitative estimate of drug-likeness (QED) is 0.489. The highest BCUT2D eigenvalue weighted by atomic mass is 35.5. The molecule has 21 heavy (non-hydrogen) atoms. The molecule has 114 valence electrons. The zero-order chi connectivity index (χ0) is 15.8. The van der Waals surface area contributed by atoms with Crippen LogP contribution in [-0.4, -0.2) is 43.6 Å². The fourth-order valence-electron chi connectivity index (χ4n) is 2.02. The van der Waals surface area contributed by atoms with Crippen molar-refractivity contribution in [3.63, 3.8) is 0 Å². The first-order chi connectivity index (χ1) is 9.62. The van der Waals surface area contributed by atoms with Crippen LogP contribution in [0.5, 0.6) is 0 Å². The van der Waals surface area contributed by atoms with Crippen molar-refractivity contribution in [3.05, 3.63) is 28.8 Å². The lowest BCUT2D eigenvalue weighted by Crippen LogP contribution is -2.41. The van der Waals surface area contributed by atoms with Crippen molar-refractivity contribution < 1.29 is 9.31 Å². The number of rotatable bonds is 3. The standard InChI is InChI=1S/C15H22BClN2O2/c1-14(2)15(3,4)21-16(20-14)13-8-7-12(17)9-11(13)10-18-19(5)6/h7-10H,1-6H3/b18-10+. The molecule has 1 aliphatic heterocycles. The molecule has 1 fully saturated rings. The lowest BCUT2D eigenvalue weighted by Gasteiger charge is -2.32. The van der Waals surface area contributed by atoms with Crippen LogP contribution in [-0.2, 0) is 9.31 Å². The molecular formula is C15H22BClN2O2. The highest BCUT2D eigenvalue weighted by Gasteiger charge is 2.52. The Morgan fingerprint density at radius 3 is 2.24 bits per heavy atom. The molecule has 1 aromatic rings. The molecule has 0 amide bonds. The van der Waals surface area contributed by atoms with Crippen LogP contribution in [0.3, 0.4) is 0 Å². The van der Waals surface area contributed by atoms with Gasteiger partial charge in [0.1, 0.15) is 0 Å². The minimum atomic E-state index is -0.420. The summed E-state index contributed by atoms with van der Waals surface area (Å²) < 4.78 is 12.2. The van der Waals surface area contributed by atoms with Crippen molar-refractivity contribution >= 4 is 30.4 Å². The number of hydrazone groups is 1. The predicted octanol–water partition coefficient (Wildman–Crippen LogP) is 2.53. The predicted molar refractivity (Wildman–Crippen MR) is 88.4 cm³/mol. The van der Waals surface area contributed by atoms with E-state index in [1.807, 2.05) is 60.0 Å². The number of hydrogen-bond acceptors (Lipinski definition) is 4. The SMILES string of the molecule is CN(C)/N=C/c1cc(Cl)ccc1B1OC(C)(C)C(C)(C)O1. The number of halogens is 1. The summed E-state index contributed by atoms with van der Waals surface area (Å²) >= 11 is 6.09. The molecule has 0 spiro atoms. The molecule has 0 aromatic heterocycles. The van der Waals surface area contributed by atoms with E-state index in [0.717, 1.165) is 11.0 Å². The molecule has 0 bridgehead atoms. The third-order valence-corrected chi connectivity index (χ3v) is 4.22. The van der Waals surface area contributed by atoms with Crippen molar-refractivity contribution in [2.75, 3.05) is 14.1 Å². The average Bonchev–Trinajstić information content (AvgIpc) is 2.55. The van der Waals surface area contributed by atoms with Crippen LogP contribution in [0.15, 0.2) is 23.3 Å². The second kappa shape index (κ2) is 5.63. The summed E-state index contributed by atoms with van der Waals surface area (Å²) in [4.78, 5) is 0. The zero-order valence-electron chi connectivity index (χ0n) is 13.5. The second-order valence-corrected chi connectivity index (χ2v) is 6.89. The van der Waals surface area contributed by atoms with Crippen LogP contribution in [0, 0.1) is 0 Å². The van der Waals surface area contributed by atoms with Gasteiger partial charge in [-0.2, -0.15) is 5.10 Å². The Morgan fingerprint density at radius 1 is 1.14 bits per heavy atom. The van der Waals surface area contributed by atoms with Crippen molar-refractivity contribution in [1.82, 2.24) is 5.01 Å². The average molecular weight is 309 g/mol. The van der Waals surface area contributed by atoms with Crippen LogP contribution in [0.2, 0.25) is 5.02 Å². The molecule has 0 unspecified atom stereocenters. The number of hydrogen-bond donors (Lipinski definition) is 0. The lowest BCUT2D eigenvalue weighted by molar-refractivity contribution is 0.00578. The van der Waals surface area contributed by atoms with Crippen molar-refractivity contribution in [1.29, 1.82) is 0 Å². The van der Waals surface area contributed by atoms with Crippen LogP contribution in [0.4, 0.5) is 0 Å². The van der Waals surface area contributed by atoms with E-state index in [1.54, 1.807) is 11.2 Å². The minimum absolute atomic E-state index is 0.368. The Labute approximate surface area is 132 Å². The van der Waals surface area contributed by atoms with E-state index in [0.29, 0.717) is 5.02 Å². The van der Waals surface area contributed by atoms with Gasteiger partial charge in [0.25, 0.3) is 0 Å². The van der Waals surface area contributed by atoms with Gasteiger partial charge in [0.2, 0.25) is 0 Å². The normalized spacial score (nSPS) is 20.2. The van der Waals surface area contributed by atoms with E-state index in [4.69, 9.17) is 20.9 Å². The van der Waals surface area contributed by atoms with Gasteiger partial charge in [0.05, 0.1) is 17.4 Å². The van der Waals surface area contributed by atoms with Gasteiger partial charge in [-0.15, -0.1) is 0 Å².